The lowest BCUT2D eigenvalue weighted by atomic mass is 10.1. The number of hydrogen-bond acceptors (Lipinski definition) is 3. The molecule has 2 aromatic rings. The van der Waals surface area contributed by atoms with Gasteiger partial charge in [0.1, 0.15) is 0 Å². The van der Waals surface area contributed by atoms with Gasteiger partial charge < -0.3 is 4.90 Å². The summed E-state index contributed by atoms with van der Waals surface area (Å²) in [5, 5.41) is 9.01. The van der Waals surface area contributed by atoms with Gasteiger partial charge in [-0.3, -0.25) is 9.89 Å². The number of thiophene rings is 1. The zero-order valence-corrected chi connectivity index (χ0v) is 12.5. The number of carbonyl (C=O) groups excluding carboxylic acids is 1. The molecule has 4 nitrogen and oxygen atoms in total. The number of nitrogens with one attached hydrogen (secondary N) is 1. The van der Waals surface area contributed by atoms with E-state index < -0.39 is 0 Å². The van der Waals surface area contributed by atoms with Crippen LogP contribution in [0.4, 0.5) is 0 Å². The number of H-pyrrole nitrogens is 1. The normalized spacial score (nSPS) is 12.4. The van der Waals surface area contributed by atoms with E-state index in [-0.39, 0.29) is 11.9 Å². The zero-order chi connectivity index (χ0) is 14.0. The molecular formula is C14H19N3OS. The van der Waals surface area contributed by atoms with Crippen molar-refractivity contribution in [3.05, 3.63) is 39.3 Å². The first-order valence-electron chi connectivity index (χ1n) is 6.31. The number of aryl methyl sites for hydroxylation is 2. The van der Waals surface area contributed by atoms with E-state index in [2.05, 4.69) is 28.6 Å². The van der Waals surface area contributed by atoms with Crippen LogP contribution in [0.25, 0.3) is 0 Å². The van der Waals surface area contributed by atoms with E-state index in [4.69, 9.17) is 0 Å². The Morgan fingerprint density at radius 1 is 1.53 bits per heavy atom. The summed E-state index contributed by atoms with van der Waals surface area (Å²) in [7, 11) is 1.85. The molecule has 0 saturated carbocycles. The van der Waals surface area contributed by atoms with Crippen LogP contribution in [0.15, 0.2) is 17.5 Å². The highest BCUT2D eigenvalue weighted by atomic mass is 32.1. The molecule has 1 amide bonds. The van der Waals surface area contributed by atoms with Gasteiger partial charge in [0, 0.05) is 30.1 Å². The molecule has 102 valence electrons. The monoisotopic (exact) mass is 277 g/mol. The third-order valence-corrected chi connectivity index (χ3v) is 4.30. The number of aromatic amines is 1. The molecule has 1 N–H and O–H groups in total. The predicted molar refractivity (Wildman–Crippen MR) is 77.6 cm³/mol. The molecule has 2 heterocycles. The van der Waals surface area contributed by atoms with E-state index in [9.17, 15) is 4.79 Å². The van der Waals surface area contributed by atoms with E-state index in [1.165, 1.54) is 4.88 Å². The second-order valence-electron chi connectivity index (χ2n) is 4.86. The molecule has 0 spiro atoms. The lowest BCUT2D eigenvalue weighted by Crippen LogP contribution is -2.36. The van der Waals surface area contributed by atoms with Gasteiger partial charge in [-0.25, -0.2) is 0 Å². The lowest BCUT2D eigenvalue weighted by molar-refractivity contribution is 0.0742. The highest BCUT2D eigenvalue weighted by Crippen LogP contribution is 2.17. The summed E-state index contributed by atoms with van der Waals surface area (Å²) >= 11 is 1.73. The second kappa shape index (κ2) is 5.57. The van der Waals surface area contributed by atoms with Gasteiger partial charge in [-0.05, 0) is 32.2 Å². The van der Waals surface area contributed by atoms with E-state index in [0.29, 0.717) is 5.56 Å². The molecule has 19 heavy (non-hydrogen) atoms. The Hall–Kier alpha value is -1.62. The van der Waals surface area contributed by atoms with Crippen molar-refractivity contribution in [3.63, 3.8) is 0 Å². The van der Waals surface area contributed by atoms with Crippen LogP contribution in [-0.4, -0.2) is 34.1 Å². The van der Waals surface area contributed by atoms with E-state index >= 15 is 0 Å². The van der Waals surface area contributed by atoms with Gasteiger partial charge >= 0.3 is 0 Å². The van der Waals surface area contributed by atoms with Crippen molar-refractivity contribution in [3.8, 4) is 0 Å². The molecular weight excluding hydrogens is 258 g/mol. The number of carbonyl (C=O) groups is 1. The Kier molecular flexibility index (Phi) is 4.04. The molecule has 0 radical (unpaired) electrons. The zero-order valence-electron chi connectivity index (χ0n) is 11.7. The molecule has 5 heteroatoms. The van der Waals surface area contributed by atoms with Crippen molar-refractivity contribution in [2.75, 3.05) is 7.05 Å². The van der Waals surface area contributed by atoms with Gasteiger partial charge in [-0.15, -0.1) is 11.3 Å². The Morgan fingerprint density at radius 3 is 2.79 bits per heavy atom. The minimum atomic E-state index is 0.0350. The summed E-state index contributed by atoms with van der Waals surface area (Å²) in [4.78, 5) is 15.6. The molecule has 0 fully saturated rings. The molecule has 0 bridgehead atoms. The number of rotatable bonds is 4. The van der Waals surface area contributed by atoms with Gasteiger partial charge in [-0.1, -0.05) is 6.07 Å². The largest absolute Gasteiger partial charge is 0.339 e. The van der Waals surface area contributed by atoms with Crippen molar-refractivity contribution in [2.45, 2.75) is 33.2 Å². The van der Waals surface area contributed by atoms with Crippen LogP contribution in [0.3, 0.4) is 0 Å². The van der Waals surface area contributed by atoms with Crippen molar-refractivity contribution >= 4 is 17.2 Å². The van der Waals surface area contributed by atoms with Gasteiger partial charge in [0.25, 0.3) is 5.91 Å². The summed E-state index contributed by atoms with van der Waals surface area (Å²) in [5.74, 6) is 0.0350. The third kappa shape index (κ3) is 2.87. The quantitative estimate of drug-likeness (QED) is 0.934. The molecule has 2 rings (SSSR count). The van der Waals surface area contributed by atoms with E-state index in [1.807, 2.05) is 27.0 Å². The van der Waals surface area contributed by atoms with Crippen LogP contribution in [-0.2, 0) is 6.42 Å². The Balaban J connectivity index is 2.11. The molecule has 0 saturated heterocycles. The SMILES string of the molecule is Cc1n[nH]c(C)c1C(=O)N(C)C(C)Cc1cccs1. The fourth-order valence-corrected chi connectivity index (χ4v) is 2.93. The van der Waals surface area contributed by atoms with Crippen LogP contribution < -0.4 is 0 Å². The molecule has 0 aliphatic heterocycles. The Bertz CT molecular complexity index is 540. The fraction of sp³-hybridized carbons (Fsp3) is 0.429. The molecule has 1 atom stereocenters. The average Bonchev–Trinajstić information content (AvgIpc) is 2.98. The van der Waals surface area contributed by atoms with Crippen molar-refractivity contribution in [1.82, 2.24) is 15.1 Å². The molecule has 1 unspecified atom stereocenters. The predicted octanol–water partition coefficient (Wildman–Crippen LogP) is 2.79. The maximum absolute atomic E-state index is 12.5. The summed E-state index contributed by atoms with van der Waals surface area (Å²) in [5.41, 5.74) is 2.29. The molecule has 2 aromatic heterocycles. The lowest BCUT2D eigenvalue weighted by Gasteiger charge is -2.24. The minimum Gasteiger partial charge on any atom is -0.339 e. The van der Waals surface area contributed by atoms with E-state index in [0.717, 1.165) is 17.8 Å². The van der Waals surface area contributed by atoms with Crippen LogP contribution in [0.5, 0.6) is 0 Å². The van der Waals surface area contributed by atoms with Crippen molar-refractivity contribution in [2.24, 2.45) is 0 Å². The maximum atomic E-state index is 12.5. The Labute approximate surface area is 117 Å². The minimum absolute atomic E-state index is 0.0350. The summed E-state index contributed by atoms with van der Waals surface area (Å²) in [6, 6.07) is 4.31. The molecule has 0 aliphatic rings. The first-order chi connectivity index (χ1) is 9.00. The van der Waals surface area contributed by atoms with E-state index in [1.54, 1.807) is 16.2 Å². The van der Waals surface area contributed by atoms with Gasteiger partial charge in [0.2, 0.25) is 0 Å². The average molecular weight is 277 g/mol. The van der Waals surface area contributed by atoms with Crippen LogP contribution in [0, 0.1) is 13.8 Å². The number of aromatic nitrogens is 2. The Morgan fingerprint density at radius 2 is 2.26 bits per heavy atom. The van der Waals surface area contributed by atoms with Crippen LogP contribution >= 0.6 is 11.3 Å². The highest BCUT2D eigenvalue weighted by molar-refractivity contribution is 7.09. The first-order valence-corrected chi connectivity index (χ1v) is 7.19. The number of nitrogens with zero attached hydrogens (tertiary/aromatic N) is 2. The topological polar surface area (TPSA) is 49.0 Å². The standard InChI is InChI=1S/C14H19N3OS/c1-9(8-12-6-5-7-19-12)17(4)14(18)13-10(2)15-16-11(13)3/h5-7,9H,8H2,1-4H3,(H,15,16). The number of amides is 1. The number of hydrogen-bond donors (Lipinski definition) is 1. The van der Waals surface area contributed by atoms with Crippen molar-refractivity contribution in [1.29, 1.82) is 0 Å². The second-order valence-corrected chi connectivity index (χ2v) is 5.89. The van der Waals surface area contributed by atoms with Crippen LogP contribution in [0.2, 0.25) is 0 Å². The van der Waals surface area contributed by atoms with Gasteiger partial charge in [0.15, 0.2) is 0 Å². The van der Waals surface area contributed by atoms with Gasteiger partial charge in [0.05, 0.1) is 11.3 Å². The summed E-state index contributed by atoms with van der Waals surface area (Å²) in [6.07, 6.45) is 0.885. The third-order valence-electron chi connectivity index (χ3n) is 3.40. The molecule has 0 aliphatic carbocycles. The summed E-state index contributed by atoms with van der Waals surface area (Å²) < 4.78 is 0. The summed E-state index contributed by atoms with van der Waals surface area (Å²) in [6.45, 7) is 5.81. The smallest absolute Gasteiger partial charge is 0.257 e. The first kappa shape index (κ1) is 13.8. The number of likely N-dealkylation sites (N-methyl/N-ethyl adjacent to an activating group) is 1. The highest BCUT2D eigenvalue weighted by Gasteiger charge is 2.22. The van der Waals surface area contributed by atoms with Crippen LogP contribution in [0.1, 0.15) is 33.5 Å². The molecule has 0 aromatic carbocycles. The van der Waals surface area contributed by atoms with Crippen molar-refractivity contribution < 1.29 is 4.79 Å². The maximum Gasteiger partial charge on any atom is 0.257 e. The van der Waals surface area contributed by atoms with Gasteiger partial charge in [-0.2, -0.15) is 5.10 Å². The fourth-order valence-electron chi connectivity index (χ4n) is 2.10.